The van der Waals surface area contributed by atoms with Crippen molar-refractivity contribution in [3.63, 3.8) is 0 Å². The van der Waals surface area contributed by atoms with Crippen LogP contribution in [0.4, 0.5) is 5.69 Å². The summed E-state index contributed by atoms with van der Waals surface area (Å²) < 4.78 is 0. The van der Waals surface area contributed by atoms with Crippen LogP contribution in [0.3, 0.4) is 0 Å². The quantitative estimate of drug-likeness (QED) is 0.725. The molecule has 17 heavy (non-hydrogen) atoms. The number of nitrogens with zero attached hydrogens (tertiary/aromatic N) is 2. The van der Waals surface area contributed by atoms with Crippen LogP contribution in [0.2, 0.25) is 0 Å². The molecule has 3 nitrogen and oxygen atoms in total. The van der Waals surface area contributed by atoms with Crippen molar-refractivity contribution in [3.8, 4) is 0 Å². The predicted molar refractivity (Wildman–Crippen MR) is 70.0 cm³/mol. The van der Waals surface area contributed by atoms with Crippen LogP contribution in [0, 0.1) is 0 Å². The van der Waals surface area contributed by atoms with Crippen LogP contribution in [-0.4, -0.2) is 37.0 Å². The number of piperazine rings is 1. The van der Waals surface area contributed by atoms with Gasteiger partial charge in [-0.25, -0.2) is 0 Å². The molecule has 3 heteroatoms. The van der Waals surface area contributed by atoms with Gasteiger partial charge < -0.3 is 9.80 Å². The normalized spacial score (nSPS) is 16.5. The van der Waals surface area contributed by atoms with Crippen molar-refractivity contribution in [1.82, 2.24) is 4.90 Å². The highest BCUT2D eigenvalue weighted by Gasteiger charge is 2.19. The zero-order valence-electron chi connectivity index (χ0n) is 10.2. The van der Waals surface area contributed by atoms with E-state index in [4.69, 9.17) is 0 Å². The van der Waals surface area contributed by atoms with Gasteiger partial charge in [0, 0.05) is 31.9 Å². The highest BCUT2D eigenvalue weighted by molar-refractivity contribution is 5.87. The molecular formula is C14H18N2O. The molecule has 0 bridgehead atoms. The number of carbonyl (C=O) groups is 1. The number of anilines is 1. The fraction of sp³-hybridized carbons (Fsp3) is 0.357. The molecule has 1 heterocycles. The fourth-order valence-electron chi connectivity index (χ4n) is 2.07. The van der Waals surface area contributed by atoms with Crippen LogP contribution in [0.25, 0.3) is 0 Å². The molecule has 0 radical (unpaired) electrons. The minimum Gasteiger partial charge on any atom is -0.368 e. The molecule has 0 spiro atoms. The molecule has 0 aliphatic carbocycles. The van der Waals surface area contributed by atoms with Gasteiger partial charge >= 0.3 is 0 Å². The molecule has 1 aromatic carbocycles. The highest BCUT2D eigenvalue weighted by Crippen LogP contribution is 2.15. The molecule has 1 amide bonds. The Hall–Kier alpha value is -1.77. The molecule has 1 fully saturated rings. The first-order valence-electron chi connectivity index (χ1n) is 6.03. The summed E-state index contributed by atoms with van der Waals surface area (Å²) in [6, 6.07) is 10.3. The molecule has 0 N–H and O–H groups in total. The second kappa shape index (κ2) is 5.53. The Balaban J connectivity index is 1.92. The van der Waals surface area contributed by atoms with Crippen molar-refractivity contribution >= 4 is 11.6 Å². The number of amides is 1. The van der Waals surface area contributed by atoms with Gasteiger partial charge in [0.2, 0.25) is 5.91 Å². The van der Waals surface area contributed by atoms with E-state index in [1.54, 1.807) is 12.2 Å². The van der Waals surface area contributed by atoms with Crippen molar-refractivity contribution in [2.45, 2.75) is 6.92 Å². The molecule has 0 saturated carbocycles. The molecule has 2 rings (SSSR count). The van der Waals surface area contributed by atoms with E-state index in [0.717, 1.165) is 26.2 Å². The molecule has 1 aliphatic heterocycles. The van der Waals surface area contributed by atoms with E-state index < -0.39 is 0 Å². The summed E-state index contributed by atoms with van der Waals surface area (Å²) in [4.78, 5) is 15.9. The zero-order chi connectivity index (χ0) is 12.1. The Morgan fingerprint density at radius 3 is 2.35 bits per heavy atom. The maximum Gasteiger partial charge on any atom is 0.246 e. The Bertz CT molecular complexity index is 392. The van der Waals surface area contributed by atoms with E-state index in [1.165, 1.54) is 5.69 Å². The topological polar surface area (TPSA) is 23.6 Å². The van der Waals surface area contributed by atoms with Gasteiger partial charge in [0.05, 0.1) is 0 Å². The molecule has 1 aliphatic rings. The third-order valence-electron chi connectivity index (χ3n) is 3.02. The predicted octanol–water partition coefficient (Wildman–Crippen LogP) is 1.91. The van der Waals surface area contributed by atoms with E-state index in [0.29, 0.717) is 0 Å². The number of allylic oxidation sites excluding steroid dienone is 1. The van der Waals surface area contributed by atoms with Gasteiger partial charge in [-0.1, -0.05) is 24.3 Å². The van der Waals surface area contributed by atoms with Crippen LogP contribution in [-0.2, 0) is 4.79 Å². The summed E-state index contributed by atoms with van der Waals surface area (Å²) >= 11 is 0. The van der Waals surface area contributed by atoms with Crippen LogP contribution < -0.4 is 4.90 Å². The third-order valence-corrected chi connectivity index (χ3v) is 3.02. The van der Waals surface area contributed by atoms with Crippen LogP contribution in [0.5, 0.6) is 0 Å². The average molecular weight is 230 g/mol. The molecule has 90 valence electrons. The maximum atomic E-state index is 11.7. The summed E-state index contributed by atoms with van der Waals surface area (Å²) in [6.07, 6.45) is 3.43. The van der Waals surface area contributed by atoms with Crippen LogP contribution >= 0.6 is 0 Å². The molecule has 0 unspecified atom stereocenters. The highest BCUT2D eigenvalue weighted by atomic mass is 16.2. The number of benzene rings is 1. The maximum absolute atomic E-state index is 11.7. The largest absolute Gasteiger partial charge is 0.368 e. The van der Waals surface area contributed by atoms with Crippen molar-refractivity contribution in [3.05, 3.63) is 42.5 Å². The average Bonchev–Trinajstić information content (AvgIpc) is 2.40. The summed E-state index contributed by atoms with van der Waals surface area (Å²) in [6.45, 7) is 5.30. The first-order valence-corrected chi connectivity index (χ1v) is 6.03. The van der Waals surface area contributed by atoms with Gasteiger partial charge in [0.15, 0.2) is 0 Å². The SMILES string of the molecule is CC=CC(=O)N1CCN(c2ccccc2)CC1. The lowest BCUT2D eigenvalue weighted by molar-refractivity contribution is -0.126. The van der Waals surface area contributed by atoms with Gasteiger partial charge in [-0.2, -0.15) is 0 Å². The lowest BCUT2D eigenvalue weighted by Gasteiger charge is -2.35. The van der Waals surface area contributed by atoms with E-state index in [-0.39, 0.29) is 5.91 Å². The van der Waals surface area contributed by atoms with Gasteiger partial charge in [0.25, 0.3) is 0 Å². The van der Waals surface area contributed by atoms with E-state index in [1.807, 2.05) is 30.0 Å². The first kappa shape index (κ1) is 11.7. The molecule has 0 atom stereocenters. The van der Waals surface area contributed by atoms with Crippen molar-refractivity contribution in [2.75, 3.05) is 31.1 Å². The van der Waals surface area contributed by atoms with Crippen LogP contribution in [0.1, 0.15) is 6.92 Å². The first-order chi connectivity index (χ1) is 8.31. The lowest BCUT2D eigenvalue weighted by atomic mass is 10.2. The minimum absolute atomic E-state index is 0.125. The van der Waals surface area contributed by atoms with Crippen molar-refractivity contribution < 1.29 is 4.79 Å². The van der Waals surface area contributed by atoms with Gasteiger partial charge in [-0.15, -0.1) is 0 Å². The summed E-state index contributed by atoms with van der Waals surface area (Å²) in [5.41, 5.74) is 1.24. The standard InChI is InChI=1S/C14H18N2O/c1-2-6-14(17)16-11-9-15(10-12-16)13-7-4-3-5-8-13/h2-8H,9-12H2,1H3. The second-order valence-corrected chi connectivity index (χ2v) is 4.15. The van der Waals surface area contributed by atoms with Gasteiger partial charge in [-0.3, -0.25) is 4.79 Å². The number of rotatable bonds is 2. The molecular weight excluding hydrogens is 212 g/mol. The van der Waals surface area contributed by atoms with E-state index >= 15 is 0 Å². The zero-order valence-corrected chi connectivity index (χ0v) is 10.2. The third kappa shape index (κ3) is 2.87. The van der Waals surface area contributed by atoms with E-state index in [2.05, 4.69) is 17.0 Å². The number of hydrogen-bond acceptors (Lipinski definition) is 2. The number of para-hydroxylation sites is 1. The Morgan fingerprint density at radius 1 is 1.12 bits per heavy atom. The number of hydrogen-bond donors (Lipinski definition) is 0. The summed E-state index contributed by atoms with van der Waals surface area (Å²) in [7, 11) is 0. The molecule has 1 aromatic rings. The van der Waals surface area contributed by atoms with Crippen molar-refractivity contribution in [2.24, 2.45) is 0 Å². The Kier molecular flexibility index (Phi) is 3.81. The second-order valence-electron chi connectivity index (χ2n) is 4.15. The lowest BCUT2D eigenvalue weighted by Crippen LogP contribution is -2.48. The Morgan fingerprint density at radius 2 is 1.76 bits per heavy atom. The molecule has 1 saturated heterocycles. The number of carbonyl (C=O) groups excluding carboxylic acids is 1. The van der Waals surface area contributed by atoms with E-state index in [9.17, 15) is 4.79 Å². The van der Waals surface area contributed by atoms with Crippen molar-refractivity contribution in [1.29, 1.82) is 0 Å². The monoisotopic (exact) mass is 230 g/mol. The Labute approximate surface area is 102 Å². The molecule has 0 aromatic heterocycles. The van der Waals surface area contributed by atoms with Gasteiger partial charge in [-0.05, 0) is 25.1 Å². The van der Waals surface area contributed by atoms with Crippen LogP contribution in [0.15, 0.2) is 42.5 Å². The minimum atomic E-state index is 0.125. The smallest absolute Gasteiger partial charge is 0.246 e. The summed E-state index contributed by atoms with van der Waals surface area (Å²) in [5, 5.41) is 0. The van der Waals surface area contributed by atoms with Gasteiger partial charge in [0.1, 0.15) is 0 Å². The fourth-order valence-corrected chi connectivity index (χ4v) is 2.07. The summed E-state index contributed by atoms with van der Waals surface area (Å²) in [5.74, 6) is 0.125.